The van der Waals surface area contributed by atoms with Crippen molar-refractivity contribution in [2.24, 2.45) is 0 Å². The molecule has 6 nitrogen and oxygen atoms in total. The molecule has 0 radical (unpaired) electrons. The molecule has 0 aliphatic carbocycles. The molecule has 0 aliphatic heterocycles. The lowest BCUT2D eigenvalue weighted by atomic mass is 10.1. The molecule has 2 aromatic carbocycles. The molecule has 3 aromatic rings. The lowest BCUT2D eigenvalue weighted by Gasteiger charge is -2.16. The zero-order valence-electron chi connectivity index (χ0n) is 18.5. The highest BCUT2D eigenvalue weighted by molar-refractivity contribution is 7.99. The van der Waals surface area contributed by atoms with Crippen LogP contribution in [0.5, 0.6) is 5.75 Å². The van der Waals surface area contributed by atoms with Crippen LogP contribution in [0.3, 0.4) is 0 Å². The van der Waals surface area contributed by atoms with E-state index >= 15 is 0 Å². The van der Waals surface area contributed by atoms with Crippen molar-refractivity contribution in [3.05, 3.63) is 82.7 Å². The van der Waals surface area contributed by atoms with Gasteiger partial charge in [0, 0.05) is 18.1 Å². The Balaban J connectivity index is 1.61. The second kappa shape index (κ2) is 11.2. The molecule has 0 aliphatic rings. The van der Waals surface area contributed by atoms with Crippen molar-refractivity contribution in [1.29, 1.82) is 0 Å². The smallest absolute Gasteiger partial charge is 0.230 e. The Morgan fingerprint density at radius 3 is 2.66 bits per heavy atom. The minimum absolute atomic E-state index is 0.0842. The molecule has 8 heteroatoms. The number of rotatable bonds is 10. The van der Waals surface area contributed by atoms with Gasteiger partial charge in [-0.15, -0.1) is 16.8 Å². The van der Waals surface area contributed by atoms with Crippen LogP contribution in [0.4, 0.5) is 0 Å². The van der Waals surface area contributed by atoms with Crippen molar-refractivity contribution < 1.29 is 9.53 Å². The number of nitrogens with one attached hydrogen (secondary N) is 1. The second-order valence-electron chi connectivity index (χ2n) is 7.44. The topological polar surface area (TPSA) is 69.0 Å². The van der Waals surface area contributed by atoms with E-state index in [4.69, 9.17) is 16.3 Å². The number of aryl methyl sites for hydroxylation is 2. The van der Waals surface area contributed by atoms with Gasteiger partial charge in [0.15, 0.2) is 17.1 Å². The Morgan fingerprint density at radius 2 is 1.97 bits per heavy atom. The van der Waals surface area contributed by atoms with Gasteiger partial charge in [-0.1, -0.05) is 47.6 Å². The van der Waals surface area contributed by atoms with Gasteiger partial charge in [-0.3, -0.25) is 9.36 Å². The van der Waals surface area contributed by atoms with E-state index in [2.05, 4.69) is 35.9 Å². The summed E-state index contributed by atoms with van der Waals surface area (Å²) >= 11 is 7.23. The summed E-state index contributed by atoms with van der Waals surface area (Å²) in [5.41, 5.74) is 3.37. The first kappa shape index (κ1) is 23.9. The molecule has 0 fully saturated rings. The van der Waals surface area contributed by atoms with Gasteiger partial charge in [0.1, 0.15) is 5.75 Å². The fourth-order valence-electron chi connectivity index (χ4n) is 3.04. The number of carbonyl (C=O) groups excluding carboxylic acids is 1. The summed E-state index contributed by atoms with van der Waals surface area (Å²) in [6, 6.07) is 13.4. The fraction of sp³-hybridized carbons (Fsp3) is 0.292. The van der Waals surface area contributed by atoms with Gasteiger partial charge in [-0.05, 0) is 61.7 Å². The van der Waals surface area contributed by atoms with Crippen LogP contribution in [0.2, 0.25) is 5.02 Å². The molecule has 1 heterocycles. The third kappa shape index (κ3) is 6.37. The first-order valence-corrected chi connectivity index (χ1v) is 11.7. The highest BCUT2D eigenvalue weighted by Gasteiger charge is 2.20. The minimum atomic E-state index is -0.308. The van der Waals surface area contributed by atoms with Gasteiger partial charge in [-0.2, -0.15) is 0 Å². The van der Waals surface area contributed by atoms with E-state index in [-0.39, 0.29) is 17.8 Å². The van der Waals surface area contributed by atoms with E-state index in [9.17, 15) is 4.79 Å². The number of benzene rings is 2. The molecule has 0 saturated heterocycles. The number of carbonyl (C=O) groups is 1. The van der Waals surface area contributed by atoms with Gasteiger partial charge in [0.2, 0.25) is 5.91 Å². The van der Waals surface area contributed by atoms with E-state index in [1.807, 2.05) is 41.8 Å². The summed E-state index contributed by atoms with van der Waals surface area (Å²) < 4.78 is 8.03. The van der Waals surface area contributed by atoms with E-state index in [0.717, 1.165) is 11.3 Å². The predicted octanol–water partition coefficient (Wildman–Crippen LogP) is 5.28. The molecule has 3 rings (SSSR count). The number of thioether (sulfide) groups is 1. The molecule has 0 saturated carbocycles. The molecule has 1 aromatic heterocycles. The largest absolute Gasteiger partial charge is 0.483 e. The summed E-state index contributed by atoms with van der Waals surface area (Å²) in [5, 5.41) is 12.8. The molecule has 1 unspecified atom stereocenters. The Morgan fingerprint density at radius 1 is 1.22 bits per heavy atom. The molecular formula is C24H27ClN4O2S. The summed E-state index contributed by atoms with van der Waals surface area (Å²) in [5.74, 6) is 1.62. The first-order valence-electron chi connectivity index (χ1n) is 10.3. The molecule has 0 spiro atoms. The van der Waals surface area contributed by atoms with Crippen molar-refractivity contribution >= 4 is 29.3 Å². The predicted molar refractivity (Wildman–Crippen MR) is 129 cm³/mol. The normalized spacial score (nSPS) is 11.8. The third-order valence-corrected chi connectivity index (χ3v) is 6.17. The number of hydrogen-bond acceptors (Lipinski definition) is 5. The number of hydrogen-bond donors (Lipinski definition) is 1. The maximum Gasteiger partial charge on any atom is 0.230 e. The van der Waals surface area contributed by atoms with Crippen LogP contribution in [-0.4, -0.2) is 26.4 Å². The maximum atomic E-state index is 12.3. The number of allylic oxidation sites excluding steroid dienone is 1. The van der Waals surface area contributed by atoms with E-state index < -0.39 is 0 Å². The Bertz CT molecular complexity index is 1080. The van der Waals surface area contributed by atoms with Crippen LogP contribution in [-0.2, 0) is 17.9 Å². The average Bonchev–Trinajstić information content (AvgIpc) is 3.17. The zero-order chi connectivity index (χ0) is 23.1. The second-order valence-corrected chi connectivity index (χ2v) is 8.82. The molecule has 1 N–H and O–H groups in total. The number of aromatic nitrogens is 3. The zero-order valence-corrected chi connectivity index (χ0v) is 20.0. The van der Waals surface area contributed by atoms with Crippen LogP contribution in [0.1, 0.15) is 35.5 Å². The van der Waals surface area contributed by atoms with Crippen molar-refractivity contribution in [2.75, 3.05) is 5.75 Å². The molecule has 1 amide bonds. The average molecular weight is 471 g/mol. The van der Waals surface area contributed by atoms with Crippen LogP contribution in [0.15, 0.2) is 60.3 Å². The van der Waals surface area contributed by atoms with Crippen LogP contribution in [0.25, 0.3) is 0 Å². The molecular weight excluding hydrogens is 444 g/mol. The molecule has 1 atom stereocenters. The lowest BCUT2D eigenvalue weighted by Crippen LogP contribution is -2.24. The Kier molecular flexibility index (Phi) is 8.36. The van der Waals surface area contributed by atoms with E-state index in [1.54, 1.807) is 18.2 Å². The molecule has 168 valence electrons. The number of ether oxygens (including phenoxy) is 1. The van der Waals surface area contributed by atoms with Crippen LogP contribution < -0.4 is 10.1 Å². The highest BCUT2D eigenvalue weighted by atomic mass is 35.5. The molecule has 0 bridgehead atoms. The summed E-state index contributed by atoms with van der Waals surface area (Å²) in [6.45, 7) is 10.9. The number of halogens is 1. The van der Waals surface area contributed by atoms with E-state index in [1.165, 1.54) is 22.9 Å². The van der Waals surface area contributed by atoms with Crippen LogP contribution in [0, 0.1) is 13.8 Å². The van der Waals surface area contributed by atoms with Gasteiger partial charge in [0.25, 0.3) is 0 Å². The van der Waals surface area contributed by atoms with E-state index in [0.29, 0.717) is 29.1 Å². The Hall–Kier alpha value is -2.77. The monoisotopic (exact) mass is 470 g/mol. The van der Waals surface area contributed by atoms with Crippen molar-refractivity contribution in [3.8, 4) is 5.75 Å². The minimum Gasteiger partial charge on any atom is -0.483 e. The standard InChI is InChI=1S/C24H27ClN4O2S/c1-5-12-29-23(18(4)31-21-11-6-16(2)17(3)13-21)27-28-24(29)32-15-22(30)26-14-19-7-9-20(25)10-8-19/h5-11,13,18H,1,12,14-15H2,2-4H3,(H,26,30). The van der Waals surface area contributed by atoms with Crippen molar-refractivity contribution in [1.82, 2.24) is 20.1 Å². The van der Waals surface area contributed by atoms with Gasteiger partial charge in [-0.25, -0.2) is 0 Å². The van der Waals surface area contributed by atoms with Crippen molar-refractivity contribution in [3.63, 3.8) is 0 Å². The highest BCUT2D eigenvalue weighted by Crippen LogP contribution is 2.26. The summed E-state index contributed by atoms with van der Waals surface area (Å²) in [4.78, 5) is 12.3. The lowest BCUT2D eigenvalue weighted by molar-refractivity contribution is -0.118. The van der Waals surface area contributed by atoms with Crippen LogP contribution >= 0.6 is 23.4 Å². The maximum absolute atomic E-state index is 12.3. The SMILES string of the molecule is C=CCn1c(SCC(=O)NCc2ccc(Cl)cc2)nnc1C(C)Oc1ccc(C)c(C)c1. The van der Waals surface area contributed by atoms with Gasteiger partial charge >= 0.3 is 0 Å². The number of nitrogens with zero attached hydrogens (tertiary/aromatic N) is 3. The molecule has 32 heavy (non-hydrogen) atoms. The third-order valence-electron chi connectivity index (χ3n) is 4.95. The van der Waals surface area contributed by atoms with Gasteiger partial charge < -0.3 is 10.1 Å². The fourth-order valence-corrected chi connectivity index (χ4v) is 3.95. The first-order chi connectivity index (χ1) is 15.4. The summed E-state index contributed by atoms with van der Waals surface area (Å²) in [6.07, 6.45) is 1.47. The van der Waals surface area contributed by atoms with Gasteiger partial charge in [0.05, 0.1) is 5.75 Å². The quantitative estimate of drug-likeness (QED) is 0.322. The summed E-state index contributed by atoms with van der Waals surface area (Å²) in [7, 11) is 0. The number of amides is 1. The van der Waals surface area contributed by atoms with Crippen molar-refractivity contribution in [2.45, 2.75) is 45.1 Å². The Labute approximate surface area is 198 Å².